The fourth-order valence-corrected chi connectivity index (χ4v) is 4.27. The first kappa shape index (κ1) is 23.9. The van der Waals surface area contributed by atoms with E-state index in [2.05, 4.69) is 20.6 Å². The molecule has 2 heterocycles. The second-order valence-electron chi connectivity index (χ2n) is 7.72. The molecule has 178 valence electrons. The SMILES string of the molecule is CC(=O)Nc1cccc(NC(=O)CSc2nc(-c3ccccc3)nc3c2c(=O)n(C)c(=O)n3C)c1. The second-order valence-corrected chi connectivity index (χ2v) is 8.69. The van der Waals surface area contributed by atoms with Crippen molar-refractivity contribution < 1.29 is 9.59 Å². The Morgan fingerprint density at radius 3 is 2.29 bits per heavy atom. The molecule has 0 saturated heterocycles. The molecule has 0 spiro atoms. The lowest BCUT2D eigenvalue weighted by Gasteiger charge is -2.12. The number of hydrogen-bond acceptors (Lipinski definition) is 7. The van der Waals surface area contributed by atoms with Crippen LogP contribution in [0.1, 0.15) is 6.92 Å². The first-order valence-corrected chi connectivity index (χ1v) is 11.6. The fourth-order valence-electron chi connectivity index (χ4n) is 3.46. The van der Waals surface area contributed by atoms with Crippen molar-refractivity contribution in [2.75, 3.05) is 16.4 Å². The van der Waals surface area contributed by atoms with Gasteiger partial charge in [-0.2, -0.15) is 0 Å². The normalized spacial score (nSPS) is 10.8. The molecule has 2 aromatic carbocycles. The smallest absolute Gasteiger partial charge is 0.326 e. The number of hydrogen-bond donors (Lipinski definition) is 2. The zero-order valence-corrected chi connectivity index (χ0v) is 20.0. The largest absolute Gasteiger partial charge is 0.332 e. The number of carbonyl (C=O) groups excluding carboxylic acids is 2. The van der Waals surface area contributed by atoms with Crippen LogP contribution in [0.15, 0.2) is 69.2 Å². The Kier molecular flexibility index (Phi) is 6.78. The summed E-state index contributed by atoms with van der Waals surface area (Å²) in [4.78, 5) is 58.5. The number of thioether (sulfide) groups is 1. The predicted molar refractivity (Wildman–Crippen MR) is 136 cm³/mol. The lowest BCUT2D eigenvalue weighted by molar-refractivity contribution is -0.114. The third kappa shape index (κ3) is 5.14. The minimum Gasteiger partial charge on any atom is -0.326 e. The van der Waals surface area contributed by atoms with Crippen LogP contribution in [0.4, 0.5) is 11.4 Å². The van der Waals surface area contributed by atoms with Crippen LogP contribution < -0.4 is 21.9 Å². The minimum atomic E-state index is -0.534. The summed E-state index contributed by atoms with van der Waals surface area (Å²) >= 11 is 1.08. The predicted octanol–water partition coefficient (Wildman–Crippen LogP) is 2.38. The second kappa shape index (κ2) is 9.94. The maximum Gasteiger partial charge on any atom is 0.332 e. The van der Waals surface area contributed by atoms with E-state index in [0.29, 0.717) is 27.8 Å². The van der Waals surface area contributed by atoms with Crippen LogP contribution in [0.2, 0.25) is 0 Å². The lowest BCUT2D eigenvalue weighted by Crippen LogP contribution is -2.37. The number of amides is 2. The van der Waals surface area contributed by atoms with Gasteiger partial charge in [-0.3, -0.25) is 23.5 Å². The Bertz CT molecular complexity index is 1560. The van der Waals surface area contributed by atoms with E-state index in [-0.39, 0.29) is 28.6 Å². The van der Waals surface area contributed by atoms with Gasteiger partial charge in [-0.15, -0.1) is 0 Å². The van der Waals surface area contributed by atoms with Gasteiger partial charge in [-0.1, -0.05) is 48.2 Å². The van der Waals surface area contributed by atoms with Crippen LogP contribution in [0.3, 0.4) is 0 Å². The van der Waals surface area contributed by atoms with E-state index < -0.39 is 11.2 Å². The molecule has 2 N–H and O–H groups in total. The molecular weight excluding hydrogens is 468 g/mol. The van der Waals surface area contributed by atoms with Gasteiger partial charge in [0.2, 0.25) is 11.8 Å². The topological polar surface area (TPSA) is 128 Å². The van der Waals surface area contributed by atoms with Crippen LogP contribution in [0, 0.1) is 0 Å². The van der Waals surface area contributed by atoms with Crippen LogP contribution in [0.5, 0.6) is 0 Å². The Labute approximate surface area is 204 Å². The van der Waals surface area contributed by atoms with Crippen LogP contribution in [-0.4, -0.2) is 36.7 Å². The monoisotopic (exact) mass is 490 g/mol. The zero-order valence-electron chi connectivity index (χ0n) is 19.2. The molecule has 2 amide bonds. The molecule has 0 bridgehead atoms. The average molecular weight is 491 g/mol. The quantitative estimate of drug-likeness (QED) is 0.314. The van der Waals surface area contributed by atoms with Crippen LogP contribution >= 0.6 is 11.8 Å². The molecule has 4 aromatic rings. The maximum absolute atomic E-state index is 13.0. The number of anilines is 2. The highest BCUT2D eigenvalue weighted by Gasteiger charge is 2.19. The first-order valence-electron chi connectivity index (χ1n) is 10.6. The molecule has 0 saturated carbocycles. The highest BCUT2D eigenvalue weighted by molar-refractivity contribution is 8.00. The van der Waals surface area contributed by atoms with E-state index in [1.165, 1.54) is 25.6 Å². The van der Waals surface area contributed by atoms with E-state index in [0.717, 1.165) is 16.3 Å². The summed E-state index contributed by atoms with van der Waals surface area (Å²) < 4.78 is 2.29. The molecule has 0 fully saturated rings. The van der Waals surface area contributed by atoms with Gasteiger partial charge in [-0.25, -0.2) is 14.8 Å². The maximum atomic E-state index is 13.0. The minimum absolute atomic E-state index is 0.0449. The average Bonchev–Trinajstić information content (AvgIpc) is 2.84. The number of carbonyl (C=O) groups is 2. The Morgan fingerprint density at radius 2 is 1.60 bits per heavy atom. The van der Waals surface area contributed by atoms with E-state index in [9.17, 15) is 19.2 Å². The first-order chi connectivity index (χ1) is 16.7. The number of fused-ring (bicyclic) bond motifs is 1. The van der Waals surface area contributed by atoms with Crippen molar-refractivity contribution in [2.24, 2.45) is 14.1 Å². The molecule has 0 aliphatic carbocycles. The molecule has 2 aromatic heterocycles. The summed E-state index contributed by atoms with van der Waals surface area (Å²) in [5.74, 6) is -0.252. The molecule has 0 aliphatic heterocycles. The van der Waals surface area contributed by atoms with Crippen molar-refractivity contribution in [2.45, 2.75) is 11.9 Å². The lowest BCUT2D eigenvalue weighted by atomic mass is 10.2. The summed E-state index contributed by atoms with van der Waals surface area (Å²) in [5, 5.41) is 5.90. The third-order valence-corrected chi connectivity index (χ3v) is 6.08. The fraction of sp³-hybridized carbons (Fsp3) is 0.167. The van der Waals surface area contributed by atoms with Crippen molar-refractivity contribution in [3.05, 3.63) is 75.4 Å². The third-order valence-electron chi connectivity index (χ3n) is 5.11. The number of benzene rings is 2. The summed E-state index contributed by atoms with van der Waals surface area (Å²) in [6.07, 6.45) is 0. The van der Waals surface area contributed by atoms with E-state index in [1.807, 2.05) is 30.3 Å². The summed E-state index contributed by atoms with van der Waals surface area (Å²) in [5.41, 5.74) is 0.933. The van der Waals surface area contributed by atoms with Crippen molar-refractivity contribution >= 4 is 46.0 Å². The summed E-state index contributed by atoms with van der Waals surface area (Å²) in [7, 11) is 2.92. The Morgan fingerprint density at radius 1 is 0.914 bits per heavy atom. The molecule has 0 aliphatic rings. The Hall–Kier alpha value is -4.25. The molecular formula is C24H22N6O4S. The van der Waals surface area contributed by atoms with Crippen molar-refractivity contribution in [1.82, 2.24) is 19.1 Å². The molecule has 4 rings (SSSR count). The molecule has 0 atom stereocenters. The summed E-state index contributed by atoms with van der Waals surface area (Å²) in [6.45, 7) is 1.40. The number of aryl methyl sites for hydroxylation is 1. The van der Waals surface area contributed by atoms with Gasteiger partial charge >= 0.3 is 5.69 Å². The highest BCUT2D eigenvalue weighted by Crippen LogP contribution is 2.26. The number of rotatable bonds is 6. The number of nitrogens with zero attached hydrogens (tertiary/aromatic N) is 4. The Balaban J connectivity index is 1.68. The van der Waals surface area contributed by atoms with Gasteiger partial charge < -0.3 is 10.6 Å². The van der Waals surface area contributed by atoms with Gasteiger partial charge in [0.25, 0.3) is 5.56 Å². The molecule has 10 nitrogen and oxygen atoms in total. The molecule has 0 radical (unpaired) electrons. The van der Waals surface area contributed by atoms with Crippen LogP contribution in [0.25, 0.3) is 22.4 Å². The van der Waals surface area contributed by atoms with Gasteiger partial charge in [0, 0.05) is 38.0 Å². The van der Waals surface area contributed by atoms with Crippen LogP contribution in [-0.2, 0) is 23.7 Å². The van der Waals surface area contributed by atoms with E-state index in [4.69, 9.17) is 0 Å². The van der Waals surface area contributed by atoms with Gasteiger partial charge in [-0.05, 0) is 18.2 Å². The number of nitrogens with one attached hydrogen (secondary N) is 2. The standard InChI is InChI=1S/C24H22N6O4S/c1-14(31)25-16-10-7-11-17(12-16)26-18(32)13-35-22-19-21(29(2)24(34)30(3)23(19)33)27-20(28-22)15-8-5-4-6-9-15/h4-12H,13H2,1-3H3,(H,25,31)(H,26,32). The van der Waals surface area contributed by atoms with Gasteiger partial charge in [0.1, 0.15) is 10.4 Å². The van der Waals surface area contributed by atoms with Crippen molar-refractivity contribution in [1.29, 1.82) is 0 Å². The molecule has 35 heavy (non-hydrogen) atoms. The van der Waals surface area contributed by atoms with Gasteiger partial charge in [0.05, 0.1) is 5.75 Å². The van der Waals surface area contributed by atoms with E-state index in [1.54, 1.807) is 24.3 Å². The van der Waals surface area contributed by atoms with Crippen molar-refractivity contribution in [3.63, 3.8) is 0 Å². The zero-order chi connectivity index (χ0) is 25.1. The van der Waals surface area contributed by atoms with E-state index >= 15 is 0 Å². The molecule has 11 heteroatoms. The number of aromatic nitrogens is 4. The highest BCUT2D eigenvalue weighted by atomic mass is 32.2. The van der Waals surface area contributed by atoms with Gasteiger partial charge in [0.15, 0.2) is 11.5 Å². The van der Waals surface area contributed by atoms with Crippen molar-refractivity contribution in [3.8, 4) is 11.4 Å². The summed E-state index contributed by atoms with van der Waals surface area (Å²) in [6, 6.07) is 15.9. The molecule has 0 unspecified atom stereocenters.